The summed E-state index contributed by atoms with van der Waals surface area (Å²) in [7, 11) is 0. The van der Waals surface area contributed by atoms with Crippen LogP contribution < -0.4 is 10.6 Å². The van der Waals surface area contributed by atoms with Crippen molar-refractivity contribution in [3.63, 3.8) is 0 Å². The molecular formula is C40H57N5O3. The molecular weight excluding hydrogens is 598 g/mol. The van der Waals surface area contributed by atoms with Gasteiger partial charge in [0, 0.05) is 30.3 Å². The lowest BCUT2D eigenvalue weighted by molar-refractivity contribution is -0.175. The fourth-order valence-corrected chi connectivity index (χ4v) is 13.0. The Labute approximate surface area is 286 Å². The average molecular weight is 656 g/mol. The number of morpholine rings is 1. The smallest absolute Gasteiger partial charge is 0.310 e. The van der Waals surface area contributed by atoms with Crippen molar-refractivity contribution in [2.75, 3.05) is 36.9 Å². The molecule has 2 aromatic rings. The highest BCUT2D eigenvalue weighted by molar-refractivity contribution is 5.80. The van der Waals surface area contributed by atoms with E-state index in [9.17, 15) is 9.90 Å². The number of aliphatic carboxylic acids is 1. The highest BCUT2D eigenvalue weighted by Crippen LogP contribution is 2.77. The van der Waals surface area contributed by atoms with Gasteiger partial charge in [0.25, 0.3) is 0 Å². The third-order valence-electron chi connectivity index (χ3n) is 15.8. The Morgan fingerprint density at radius 2 is 1.73 bits per heavy atom. The summed E-state index contributed by atoms with van der Waals surface area (Å²) >= 11 is 0. The van der Waals surface area contributed by atoms with Crippen LogP contribution in [0.15, 0.2) is 23.9 Å². The summed E-state index contributed by atoms with van der Waals surface area (Å²) in [5.41, 5.74) is 12.2. The van der Waals surface area contributed by atoms with E-state index in [1.165, 1.54) is 22.3 Å². The number of ether oxygens (including phenoxy) is 1. The van der Waals surface area contributed by atoms with Gasteiger partial charge in [-0.3, -0.25) is 9.89 Å². The molecule has 6 aliphatic rings. The largest absolute Gasteiger partial charge is 0.481 e. The van der Waals surface area contributed by atoms with Crippen LogP contribution in [-0.4, -0.2) is 52.6 Å². The number of carbonyl (C=O) groups is 1. The molecule has 7 atom stereocenters. The van der Waals surface area contributed by atoms with Gasteiger partial charge in [-0.25, -0.2) is 4.98 Å². The summed E-state index contributed by atoms with van der Waals surface area (Å²) in [6.07, 6.45) is 10.6. The van der Waals surface area contributed by atoms with E-state index in [0.717, 1.165) is 101 Å². The van der Waals surface area contributed by atoms with E-state index >= 15 is 0 Å². The number of pyridine rings is 1. The van der Waals surface area contributed by atoms with Crippen molar-refractivity contribution in [2.45, 2.75) is 112 Å². The zero-order valence-electron chi connectivity index (χ0n) is 30.3. The van der Waals surface area contributed by atoms with Gasteiger partial charge in [0.05, 0.1) is 24.3 Å². The molecule has 8 rings (SSSR count). The maximum absolute atomic E-state index is 13.5. The summed E-state index contributed by atoms with van der Waals surface area (Å²) in [4.78, 5) is 20.9. The van der Waals surface area contributed by atoms with Crippen LogP contribution >= 0.6 is 0 Å². The number of carboxylic acids is 1. The number of rotatable bonds is 3. The van der Waals surface area contributed by atoms with E-state index in [4.69, 9.17) is 20.6 Å². The average Bonchev–Trinajstić information content (AvgIpc) is 3.41. The van der Waals surface area contributed by atoms with Crippen LogP contribution in [0.2, 0.25) is 0 Å². The number of hydrogen-bond donors (Lipinski definition) is 3. The quantitative estimate of drug-likeness (QED) is 0.311. The van der Waals surface area contributed by atoms with Crippen molar-refractivity contribution < 1.29 is 14.6 Å². The minimum absolute atomic E-state index is 0.00955. The predicted molar refractivity (Wildman–Crippen MR) is 189 cm³/mol. The van der Waals surface area contributed by atoms with Crippen molar-refractivity contribution in [2.24, 2.45) is 44.8 Å². The van der Waals surface area contributed by atoms with E-state index in [1.807, 2.05) is 0 Å². The lowest BCUT2D eigenvalue weighted by Crippen LogP contribution is -2.65. The summed E-state index contributed by atoms with van der Waals surface area (Å²) in [6, 6.07) is 4.50. The molecule has 3 saturated carbocycles. The Morgan fingerprint density at radius 3 is 2.42 bits per heavy atom. The molecule has 48 heavy (non-hydrogen) atoms. The molecule has 4 fully saturated rings. The van der Waals surface area contributed by atoms with Gasteiger partial charge in [-0.05, 0) is 120 Å². The number of carboxylic acid groups (broad SMARTS) is 1. The number of nitrogens with one attached hydrogen (secondary N) is 1. The molecule has 0 amide bonds. The Morgan fingerprint density at radius 1 is 1.00 bits per heavy atom. The van der Waals surface area contributed by atoms with Gasteiger partial charge in [0.2, 0.25) is 0 Å². The van der Waals surface area contributed by atoms with Crippen LogP contribution in [0.4, 0.5) is 11.6 Å². The first-order valence-corrected chi connectivity index (χ1v) is 18.7. The Bertz CT molecular complexity index is 1670. The summed E-state index contributed by atoms with van der Waals surface area (Å²) < 4.78 is 5.62. The third-order valence-corrected chi connectivity index (χ3v) is 15.8. The van der Waals surface area contributed by atoms with Gasteiger partial charge < -0.3 is 20.5 Å². The van der Waals surface area contributed by atoms with Crippen LogP contribution in [0.1, 0.15) is 117 Å². The highest BCUT2D eigenvalue weighted by Gasteiger charge is 2.70. The second-order valence-corrected chi connectivity index (χ2v) is 18.7. The van der Waals surface area contributed by atoms with Gasteiger partial charge in [-0.15, -0.1) is 0 Å². The van der Waals surface area contributed by atoms with Crippen LogP contribution in [0.3, 0.4) is 0 Å². The van der Waals surface area contributed by atoms with Gasteiger partial charge >= 0.3 is 5.97 Å². The molecule has 2 aromatic heterocycles. The zero-order chi connectivity index (χ0) is 34.1. The fraction of sp³-hybridized carbons (Fsp3) is 0.725. The van der Waals surface area contributed by atoms with E-state index < -0.39 is 11.4 Å². The molecule has 3 heterocycles. The molecule has 0 bridgehead atoms. The number of allylic oxidation sites excluding steroid dienone is 2. The molecule has 0 aromatic carbocycles. The molecule has 1 saturated heterocycles. The van der Waals surface area contributed by atoms with Crippen molar-refractivity contribution >= 4 is 23.2 Å². The number of nitrogens with two attached hydrogens (primary N) is 1. The van der Waals surface area contributed by atoms with Gasteiger partial charge in [-0.2, -0.15) is 5.10 Å². The fourth-order valence-electron chi connectivity index (χ4n) is 13.0. The normalized spacial score (nSPS) is 39.8. The minimum Gasteiger partial charge on any atom is -0.481 e. The van der Waals surface area contributed by atoms with Gasteiger partial charge in [0.1, 0.15) is 11.6 Å². The lowest BCUT2D eigenvalue weighted by Gasteiger charge is -2.71. The van der Waals surface area contributed by atoms with Crippen molar-refractivity contribution in [1.82, 2.24) is 15.2 Å². The van der Waals surface area contributed by atoms with E-state index in [-0.39, 0.29) is 33.0 Å². The number of anilines is 2. The Balaban J connectivity index is 1.33. The highest BCUT2D eigenvalue weighted by atomic mass is 16.5. The maximum atomic E-state index is 13.5. The lowest BCUT2D eigenvalue weighted by atomic mass is 9.33. The maximum Gasteiger partial charge on any atom is 0.310 e. The Kier molecular flexibility index (Phi) is 6.96. The number of H-pyrrole nitrogens is 1. The first-order chi connectivity index (χ1) is 22.6. The molecule has 0 radical (unpaired) electrons. The van der Waals surface area contributed by atoms with Crippen molar-refractivity contribution in [1.29, 1.82) is 0 Å². The summed E-state index contributed by atoms with van der Waals surface area (Å²) in [5.74, 6) is 2.04. The topological polar surface area (TPSA) is 117 Å². The monoisotopic (exact) mass is 655 g/mol. The second-order valence-electron chi connectivity index (χ2n) is 18.7. The van der Waals surface area contributed by atoms with E-state index in [1.54, 1.807) is 0 Å². The standard InChI is InChI=1S/C40H57N5O3/c1-35(2)12-14-40(34(46)47)15-13-39(7)31(27(40)22-35)25(24-8-9-30(42-23-24)45-16-18-48-19-17-45)20-29-37(5)21-26-32(43-44-33(26)41)36(3,4)28(37)10-11-38(29,39)6/h8-9,23,27-29H,10-22H2,1-7H3,(H,46,47)(H3,41,43,44)/t27-,28-,29?,37-,38+,39+,40-/m0/s1. The zero-order valence-corrected chi connectivity index (χ0v) is 30.3. The summed E-state index contributed by atoms with van der Waals surface area (Å²) in [6.45, 7) is 20.4. The number of nitrogens with zero attached hydrogens (tertiary/aromatic N) is 3. The summed E-state index contributed by atoms with van der Waals surface area (Å²) in [5, 5.41) is 19.0. The van der Waals surface area contributed by atoms with Gasteiger partial charge in [0.15, 0.2) is 0 Å². The molecule has 1 unspecified atom stereocenters. The second kappa shape index (κ2) is 10.3. The van der Waals surface area contributed by atoms with Crippen LogP contribution in [-0.2, 0) is 21.4 Å². The molecule has 5 aliphatic carbocycles. The van der Waals surface area contributed by atoms with Crippen molar-refractivity contribution in [3.8, 4) is 0 Å². The molecule has 8 heteroatoms. The number of aromatic nitrogens is 3. The molecule has 8 nitrogen and oxygen atoms in total. The predicted octanol–water partition coefficient (Wildman–Crippen LogP) is 7.65. The minimum atomic E-state index is -0.700. The van der Waals surface area contributed by atoms with Crippen LogP contribution in [0, 0.1) is 44.8 Å². The van der Waals surface area contributed by atoms with Crippen LogP contribution in [0.25, 0.3) is 5.57 Å². The molecule has 0 spiro atoms. The van der Waals surface area contributed by atoms with E-state index in [2.05, 4.69) is 76.8 Å². The SMILES string of the molecule is CC1(C)CC[C@]2(C(=O)O)CC[C@]3(C)C(=C(c4ccc(N5CCOCC5)nc4)CC4[C@@]5(C)Cc6c(n[nH]c6N)C(C)(C)[C@@H]5CC[C@]43C)[C@@H]2C1. The molecule has 1 aliphatic heterocycles. The number of hydrogen-bond acceptors (Lipinski definition) is 6. The molecule has 4 N–H and O–H groups in total. The first-order valence-electron chi connectivity index (χ1n) is 18.7. The van der Waals surface area contributed by atoms with Crippen LogP contribution in [0.5, 0.6) is 0 Å². The van der Waals surface area contributed by atoms with Crippen molar-refractivity contribution in [3.05, 3.63) is 40.7 Å². The third kappa shape index (κ3) is 4.19. The van der Waals surface area contributed by atoms with Gasteiger partial charge in [-0.1, -0.05) is 54.0 Å². The van der Waals surface area contributed by atoms with E-state index in [0.29, 0.717) is 11.8 Å². The number of aromatic amines is 1. The number of nitrogen functional groups attached to an aromatic ring is 1. The number of fused-ring (bicyclic) bond motifs is 8. The molecule has 260 valence electrons. The first kappa shape index (κ1) is 32.3. The Hall–Kier alpha value is -2.87.